The van der Waals surface area contributed by atoms with Crippen LogP contribution in [0.3, 0.4) is 0 Å². The molecule has 1 saturated heterocycles. The summed E-state index contributed by atoms with van der Waals surface area (Å²) in [5, 5.41) is 0. The van der Waals surface area contributed by atoms with Gasteiger partial charge in [0.25, 0.3) is 0 Å². The van der Waals surface area contributed by atoms with Gasteiger partial charge in [0.1, 0.15) is 5.82 Å². The Hall–Kier alpha value is -1.91. The van der Waals surface area contributed by atoms with Crippen molar-refractivity contribution in [2.45, 2.75) is 43.9 Å². The zero-order valence-electron chi connectivity index (χ0n) is 15.1. The van der Waals surface area contributed by atoms with E-state index in [2.05, 4.69) is 0 Å². The van der Waals surface area contributed by atoms with Gasteiger partial charge in [-0.25, -0.2) is 4.39 Å². The Balaban J connectivity index is 1.74. The van der Waals surface area contributed by atoms with Crippen LogP contribution in [0.5, 0.6) is 0 Å². The van der Waals surface area contributed by atoms with Crippen LogP contribution in [0.15, 0.2) is 24.3 Å². The molecule has 2 amide bonds. The maximum Gasteiger partial charge on any atom is 0.233 e. The molecular formula is C20H27FN2O2. The molecule has 0 spiro atoms. The van der Waals surface area contributed by atoms with Crippen LogP contribution in [0.4, 0.5) is 4.39 Å². The second kappa shape index (κ2) is 7.14. The predicted octanol–water partition coefficient (Wildman–Crippen LogP) is 2.96. The molecule has 1 aromatic rings. The number of likely N-dealkylation sites (tertiary alicyclic amines) is 1. The van der Waals surface area contributed by atoms with E-state index in [1.54, 1.807) is 31.1 Å². The van der Waals surface area contributed by atoms with Crippen molar-refractivity contribution in [3.63, 3.8) is 0 Å². The minimum absolute atomic E-state index is 0.0180. The Labute approximate surface area is 149 Å². The molecule has 25 heavy (non-hydrogen) atoms. The second-order valence-electron chi connectivity index (χ2n) is 7.60. The van der Waals surface area contributed by atoms with E-state index in [4.69, 9.17) is 0 Å². The lowest BCUT2D eigenvalue weighted by Gasteiger charge is -2.39. The Morgan fingerprint density at radius 1 is 1.08 bits per heavy atom. The van der Waals surface area contributed by atoms with Crippen LogP contribution in [-0.4, -0.2) is 48.8 Å². The van der Waals surface area contributed by atoms with Crippen molar-refractivity contribution < 1.29 is 14.0 Å². The van der Waals surface area contributed by atoms with Crippen molar-refractivity contribution in [1.29, 1.82) is 0 Å². The third-order valence-electron chi connectivity index (χ3n) is 5.84. The zero-order chi connectivity index (χ0) is 18.0. The van der Waals surface area contributed by atoms with Crippen LogP contribution >= 0.6 is 0 Å². The highest BCUT2D eigenvalue weighted by molar-refractivity contribution is 5.89. The Bertz CT molecular complexity index is 628. The maximum atomic E-state index is 13.4. The Morgan fingerprint density at radius 2 is 1.64 bits per heavy atom. The van der Waals surface area contributed by atoms with E-state index in [1.807, 2.05) is 4.90 Å². The zero-order valence-corrected chi connectivity index (χ0v) is 15.1. The minimum atomic E-state index is -0.508. The average molecular weight is 346 g/mol. The van der Waals surface area contributed by atoms with Gasteiger partial charge in [0, 0.05) is 33.1 Å². The first-order valence-corrected chi connectivity index (χ1v) is 9.20. The quantitative estimate of drug-likeness (QED) is 0.844. The van der Waals surface area contributed by atoms with Gasteiger partial charge in [0.15, 0.2) is 0 Å². The molecule has 0 radical (unpaired) electrons. The molecule has 5 heteroatoms. The van der Waals surface area contributed by atoms with Gasteiger partial charge in [-0.1, -0.05) is 25.0 Å². The number of halogens is 1. The lowest BCUT2D eigenvalue weighted by Crippen LogP contribution is -2.50. The van der Waals surface area contributed by atoms with Gasteiger partial charge in [-0.2, -0.15) is 0 Å². The summed E-state index contributed by atoms with van der Waals surface area (Å²) in [6.45, 7) is 1.26. The summed E-state index contributed by atoms with van der Waals surface area (Å²) in [4.78, 5) is 29.1. The molecule has 0 N–H and O–H groups in total. The smallest absolute Gasteiger partial charge is 0.233 e. The summed E-state index contributed by atoms with van der Waals surface area (Å²) in [6, 6.07) is 6.43. The molecule has 0 unspecified atom stereocenters. The van der Waals surface area contributed by atoms with Crippen molar-refractivity contribution in [3.8, 4) is 0 Å². The monoisotopic (exact) mass is 346 g/mol. The van der Waals surface area contributed by atoms with Gasteiger partial charge in [0.2, 0.25) is 11.8 Å². The van der Waals surface area contributed by atoms with Crippen LogP contribution in [0, 0.1) is 11.7 Å². The number of hydrogen-bond acceptors (Lipinski definition) is 2. The number of benzene rings is 1. The van der Waals surface area contributed by atoms with Gasteiger partial charge in [-0.3, -0.25) is 9.59 Å². The first-order chi connectivity index (χ1) is 11.9. The van der Waals surface area contributed by atoms with Gasteiger partial charge in [-0.15, -0.1) is 0 Å². The van der Waals surface area contributed by atoms with Crippen LogP contribution in [0.2, 0.25) is 0 Å². The Kier molecular flexibility index (Phi) is 5.11. The number of carbonyl (C=O) groups excluding carboxylic acids is 2. The number of piperidine rings is 1. The molecule has 2 fully saturated rings. The van der Waals surface area contributed by atoms with Crippen molar-refractivity contribution in [2.24, 2.45) is 5.92 Å². The SMILES string of the molecule is CN(C)C(=O)C1CCN(C(=O)C2(c3ccc(F)cc3)CCCC2)CC1. The standard InChI is InChI=1S/C20H27FN2O2/c1-22(2)18(24)15-9-13-23(14-10-15)19(25)20(11-3-4-12-20)16-5-7-17(21)8-6-16/h5-8,15H,3-4,9-14H2,1-2H3. The van der Waals surface area contributed by atoms with E-state index in [9.17, 15) is 14.0 Å². The van der Waals surface area contributed by atoms with Crippen molar-refractivity contribution in [2.75, 3.05) is 27.2 Å². The average Bonchev–Trinajstić information content (AvgIpc) is 3.12. The molecule has 1 saturated carbocycles. The van der Waals surface area contributed by atoms with Gasteiger partial charge >= 0.3 is 0 Å². The predicted molar refractivity (Wildman–Crippen MR) is 94.5 cm³/mol. The van der Waals surface area contributed by atoms with Crippen molar-refractivity contribution in [1.82, 2.24) is 9.80 Å². The van der Waals surface area contributed by atoms with E-state index in [1.165, 1.54) is 12.1 Å². The fraction of sp³-hybridized carbons (Fsp3) is 0.600. The first-order valence-electron chi connectivity index (χ1n) is 9.20. The van der Waals surface area contributed by atoms with Crippen molar-refractivity contribution in [3.05, 3.63) is 35.6 Å². The number of carbonyl (C=O) groups is 2. The third kappa shape index (κ3) is 3.42. The van der Waals surface area contributed by atoms with E-state index >= 15 is 0 Å². The summed E-state index contributed by atoms with van der Waals surface area (Å²) < 4.78 is 13.3. The van der Waals surface area contributed by atoms with E-state index in [0.29, 0.717) is 13.1 Å². The number of rotatable bonds is 3. The largest absolute Gasteiger partial charge is 0.349 e. The lowest BCUT2D eigenvalue weighted by molar-refractivity contribution is -0.142. The van der Waals surface area contributed by atoms with Crippen LogP contribution in [0.1, 0.15) is 44.1 Å². The normalized spacial score (nSPS) is 20.5. The van der Waals surface area contributed by atoms with Crippen LogP contribution in [-0.2, 0) is 15.0 Å². The summed E-state index contributed by atoms with van der Waals surface area (Å²) in [7, 11) is 3.56. The molecular weight excluding hydrogens is 319 g/mol. The molecule has 4 nitrogen and oxygen atoms in total. The summed E-state index contributed by atoms with van der Waals surface area (Å²) in [5.41, 5.74) is 0.425. The molecule has 1 aliphatic heterocycles. The highest BCUT2D eigenvalue weighted by Gasteiger charge is 2.45. The lowest BCUT2D eigenvalue weighted by atomic mass is 9.77. The van der Waals surface area contributed by atoms with E-state index in [0.717, 1.165) is 44.1 Å². The minimum Gasteiger partial charge on any atom is -0.349 e. The molecule has 0 bridgehead atoms. The van der Waals surface area contributed by atoms with Crippen molar-refractivity contribution >= 4 is 11.8 Å². The Morgan fingerprint density at radius 3 is 2.16 bits per heavy atom. The van der Waals surface area contributed by atoms with Gasteiger partial charge < -0.3 is 9.80 Å². The molecule has 1 aliphatic carbocycles. The number of hydrogen-bond donors (Lipinski definition) is 0. The fourth-order valence-corrected chi connectivity index (χ4v) is 4.37. The second-order valence-corrected chi connectivity index (χ2v) is 7.60. The topological polar surface area (TPSA) is 40.6 Å². The number of nitrogens with zero attached hydrogens (tertiary/aromatic N) is 2. The van der Waals surface area contributed by atoms with Gasteiger partial charge in [0.05, 0.1) is 5.41 Å². The summed E-state index contributed by atoms with van der Waals surface area (Å²) in [5.74, 6) is 0.0605. The molecule has 0 atom stereocenters. The third-order valence-corrected chi connectivity index (χ3v) is 5.84. The molecule has 1 aromatic carbocycles. The maximum absolute atomic E-state index is 13.4. The number of amides is 2. The van der Waals surface area contributed by atoms with Gasteiger partial charge in [-0.05, 0) is 43.4 Å². The molecule has 2 aliphatic rings. The molecule has 136 valence electrons. The van der Waals surface area contributed by atoms with E-state index in [-0.39, 0.29) is 23.5 Å². The van der Waals surface area contributed by atoms with Crippen LogP contribution < -0.4 is 0 Å². The van der Waals surface area contributed by atoms with E-state index < -0.39 is 5.41 Å². The molecule has 1 heterocycles. The first kappa shape index (κ1) is 17.9. The summed E-state index contributed by atoms with van der Waals surface area (Å²) >= 11 is 0. The highest BCUT2D eigenvalue weighted by Crippen LogP contribution is 2.43. The fourth-order valence-electron chi connectivity index (χ4n) is 4.37. The summed E-state index contributed by atoms with van der Waals surface area (Å²) in [6.07, 6.45) is 5.16. The molecule has 0 aromatic heterocycles. The molecule has 3 rings (SSSR count). The van der Waals surface area contributed by atoms with Crippen LogP contribution in [0.25, 0.3) is 0 Å². The highest BCUT2D eigenvalue weighted by atomic mass is 19.1.